The number of carbonyl (C=O) groups is 1. The fraction of sp³-hybridized carbons (Fsp3) is 0.346. The van der Waals surface area contributed by atoms with Gasteiger partial charge in [0.15, 0.2) is 0 Å². The minimum atomic E-state index is -0.0982. The lowest BCUT2D eigenvalue weighted by Gasteiger charge is -2.24. The first-order valence-corrected chi connectivity index (χ1v) is 12.8. The number of hydrogen-bond donors (Lipinski definition) is 2. The Labute approximate surface area is 224 Å². The van der Waals surface area contributed by atoms with Gasteiger partial charge in [-0.15, -0.1) is 10.2 Å². The van der Waals surface area contributed by atoms with Crippen LogP contribution in [0.15, 0.2) is 50.9 Å². The predicted molar refractivity (Wildman–Crippen MR) is 144 cm³/mol. The Morgan fingerprint density at radius 3 is 2.97 bits per heavy atom. The van der Waals surface area contributed by atoms with Crippen molar-refractivity contribution in [3.8, 4) is 0 Å². The average molecular weight is 534 g/mol. The molecule has 2 N–H and O–H groups in total. The summed E-state index contributed by atoms with van der Waals surface area (Å²) in [4.78, 5) is 23.2. The van der Waals surface area contributed by atoms with Crippen LogP contribution in [0.5, 0.6) is 0 Å². The van der Waals surface area contributed by atoms with E-state index in [2.05, 4.69) is 54.8 Å². The molecule has 1 aliphatic carbocycles. The molecule has 5 rings (SSSR count). The molecule has 0 radical (unpaired) electrons. The number of carbonyl (C=O) groups excluding carboxylic acids is 1. The van der Waals surface area contributed by atoms with E-state index in [1.807, 2.05) is 25.1 Å². The molecule has 12 heteroatoms. The summed E-state index contributed by atoms with van der Waals surface area (Å²) in [5.41, 5.74) is 4.81. The topological polar surface area (TPSA) is 138 Å². The number of nitrogens with one attached hydrogen (secondary N) is 2. The van der Waals surface area contributed by atoms with Crippen LogP contribution in [0.4, 0.5) is 0 Å². The number of fused-ring (bicyclic) bond motifs is 1. The van der Waals surface area contributed by atoms with E-state index < -0.39 is 0 Å². The number of amides is 1. The van der Waals surface area contributed by atoms with Crippen molar-refractivity contribution >= 4 is 41.3 Å². The number of aliphatic imine (C=N–C) groups is 2. The number of H-pyrrole nitrogens is 1. The number of rotatable bonds is 6. The van der Waals surface area contributed by atoms with E-state index in [0.29, 0.717) is 36.9 Å². The first-order valence-electron chi connectivity index (χ1n) is 12.4. The monoisotopic (exact) mass is 533 g/mol. The largest absolute Gasteiger partial charge is 0.420 e. The summed E-state index contributed by atoms with van der Waals surface area (Å²) in [6.07, 6.45) is 7.21. The zero-order chi connectivity index (χ0) is 26.5. The third-order valence-electron chi connectivity index (χ3n) is 6.57. The van der Waals surface area contributed by atoms with Gasteiger partial charge in [-0.05, 0) is 56.2 Å². The highest BCUT2D eigenvalue weighted by molar-refractivity contribution is 6.30. The normalized spacial score (nSPS) is 18.1. The van der Waals surface area contributed by atoms with Crippen molar-refractivity contribution in [2.75, 3.05) is 6.54 Å². The van der Waals surface area contributed by atoms with Gasteiger partial charge in [0, 0.05) is 29.8 Å². The number of benzene rings is 1. The summed E-state index contributed by atoms with van der Waals surface area (Å²) >= 11 is 6.13. The third-order valence-corrected chi connectivity index (χ3v) is 6.81. The van der Waals surface area contributed by atoms with Crippen molar-refractivity contribution in [3.05, 3.63) is 70.3 Å². The van der Waals surface area contributed by atoms with Gasteiger partial charge in [0.05, 0.1) is 18.3 Å². The lowest BCUT2D eigenvalue weighted by molar-refractivity contribution is -0.131. The molecule has 1 aromatic carbocycles. The molecule has 2 aromatic heterocycles. The van der Waals surface area contributed by atoms with Gasteiger partial charge in [0.25, 0.3) is 0 Å². The molecule has 196 valence electrons. The second kappa shape index (κ2) is 11.5. The quantitative estimate of drug-likeness (QED) is 0.364. The van der Waals surface area contributed by atoms with Gasteiger partial charge in [0.2, 0.25) is 23.6 Å². The maximum absolute atomic E-state index is 12.7. The summed E-state index contributed by atoms with van der Waals surface area (Å²) in [5, 5.41) is 22.7. The fourth-order valence-corrected chi connectivity index (χ4v) is 4.65. The molecule has 0 saturated heterocycles. The van der Waals surface area contributed by atoms with Crippen LogP contribution in [0, 0.1) is 0 Å². The molecule has 1 aliphatic heterocycles. The van der Waals surface area contributed by atoms with Gasteiger partial charge in [-0.2, -0.15) is 15.4 Å². The van der Waals surface area contributed by atoms with Crippen molar-refractivity contribution in [1.29, 1.82) is 0 Å². The van der Waals surface area contributed by atoms with E-state index in [0.717, 1.165) is 41.2 Å². The fourth-order valence-electron chi connectivity index (χ4n) is 4.46. The van der Waals surface area contributed by atoms with Gasteiger partial charge >= 0.3 is 0 Å². The smallest absolute Gasteiger partial charge is 0.244 e. The van der Waals surface area contributed by atoms with Crippen LogP contribution in [0.25, 0.3) is 11.1 Å². The van der Waals surface area contributed by atoms with E-state index in [4.69, 9.17) is 21.0 Å². The lowest BCUT2D eigenvalue weighted by Crippen LogP contribution is -2.37. The van der Waals surface area contributed by atoms with Gasteiger partial charge < -0.3 is 14.6 Å². The first-order chi connectivity index (χ1) is 18.5. The van der Waals surface area contributed by atoms with Crippen LogP contribution in [0.1, 0.15) is 54.9 Å². The Morgan fingerprint density at radius 2 is 2.18 bits per heavy atom. The van der Waals surface area contributed by atoms with E-state index in [1.165, 1.54) is 5.57 Å². The Kier molecular flexibility index (Phi) is 7.73. The average Bonchev–Trinajstić information content (AvgIpc) is 3.60. The molecule has 1 amide bonds. The number of nitrogens with zero attached hydrogens (tertiary/aromatic N) is 7. The van der Waals surface area contributed by atoms with Gasteiger partial charge in [0.1, 0.15) is 12.1 Å². The first kappa shape index (κ1) is 25.5. The maximum Gasteiger partial charge on any atom is 0.244 e. The summed E-state index contributed by atoms with van der Waals surface area (Å²) in [5.74, 6) is 0.886. The zero-order valence-electron chi connectivity index (χ0n) is 21.0. The van der Waals surface area contributed by atoms with Gasteiger partial charge in [-0.25, -0.2) is 9.98 Å². The second-order valence-corrected chi connectivity index (χ2v) is 9.65. The van der Waals surface area contributed by atoms with Crippen LogP contribution < -0.4 is 5.32 Å². The van der Waals surface area contributed by atoms with E-state index >= 15 is 0 Å². The molecule has 0 bridgehead atoms. The van der Waals surface area contributed by atoms with Crippen LogP contribution in [0.3, 0.4) is 0 Å². The molecule has 1 atom stereocenters. The third kappa shape index (κ3) is 6.05. The molecule has 0 spiro atoms. The van der Waals surface area contributed by atoms with Crippen molar-refractivity contribution in [3.63, 3.8) is 0 Å². The molecular formula is C26H28ClN9O2. The molecule has 3 heterocycles. The predicted octanol–water partition coefficient (Wildman–Crippen LogP) is 3.61. The Hall–Kier alpha value is -4.12. The SMILES string of the molecule is C=NC(=NC1CC=C(c2cccc(Cl)c2)CC1)N/C=C(\C)c1nnc(CC(=O)N2CCc3n[nH]nc3C2)o1. The standard InChI is InChI=1S/C26H28ClN9O2/c1-16(25-34-33-23(38-25)13-24(37)36-11-10-21-22(15-36)32-35-31-21)14-29-26(28-2)30-20-8-6-17(7-9-20)18-4-3-5-19(27)12-18/h3-6,12,14,20H,2,7-11,13,15H2,1H3,(H,29,30)(H,31,32,35)/b16-14+. The molecule has 38 heavy (non-hydrogen) atoms. The highest BCUT2D eigenvalue weighted by Gasteiger charge is 2.25. The molecule has 0 fully saturated rings. The van der Waals surface area contributed by atoms with Crippen LogP contribution in [0.2, 0.25) is 5.02 Å². The summed E-state index contributed by atoms with van der Waals surface area (Å²) in [6, 6.07) is 8.01. The molecule has 2 aliphatic rings. The molecule has 1 unspecified atom stereocenters. The molecular weight excluding hydrogens is 506 g/mol. The van der Waals surface area contributed by atoms with E-state index in [-0.39, 0.29) is 24.3 Å². The molecule has 11 nitrogen and oxygen atoms in total. The van der Waals surface area contributed by atoms with Crippen LogP contribution in [-0.4, -0.2) is 61.7 Å². The van der Waals surface area contributed by atoms with E-state index in [9.17, 15) is 4.79 Å². The summed E-state index contributed by atoms with van der Waals surface area (Å²) in [6.45, 7) is 6.46. The van der Waals surface area contributed by atoms with Crippen molar-refractivity contribution < 1.29 is 9.21 Å². The van der Waals surface area contributed by atoms with Crippen molar-refractivity contribution in [2.24, 2.45) is 9.98 Å². The highest BCUT2D eigenvalue weighted by Crippen LogP contribution is 2.29. The number of hydrogen-bond acceptors (Lipinski definition) is 7. The van der Waals surface area contributed by atoms with Gasteiger partial charge in [-0.1, -0.05) is 29.8 Å². The van der Waals surface area contributed by atoms with Crippen LogP contribution in [-0.2, 0) is 24.2 Å². The Balaban J connectivity index is 1.16. The number of allylic oxidation sites excluding steroid dienone is 2. The number of halogens is 1. The van der Waals surface area contributed by atoms with Crippen molar-refractivity contribution in [2.45, 2.75) is 51.6 Å². The number of aromatic amines is 1. The molecule has 3 aromatic rings. The second-order valence-electron chi connectivity index (χ2n) is 9.21. The van der Waals surface area contributed by atoms with Gasteiger partial charge in [-0.3, -0.25) is 4.79 Å². The number of aromatic nitrogens is 5. The Morgan fingerprint density at radius 1 is 1.32 bits per heavy atom. The maximum atomic E-state index is 12.7. The Bertz CT molecular complexity index is 1420. The highest BCUT2D eigenvalue weighted by atomic mass is 35.5. The minimum Gasteiger partial charge on any atom is -0.420 e. The minimum absolute atomic E-state index is 0.0220. The summed E-state index contributed by atoms with van der Waals surface area (Å²) < 4.78 is 5.72. The summed E-state index contributed by atoms with van der Waals surface area (Å²) in [7, 11) is 0. The van der Waals surface area contributed by atoms with Crippen molar-refractivity contribution in [1.82, 2.24) is 35.8 Å². The lowest BCUT2D eigenvalue weighted by atomic mass is 9.91. The molecule has 0 saturated carbocycles. The zero-order valence-corrected chi connectivity index (χ0v) is 21.8. The number of guanidine groups is 1. The van der Waals surface area contributed by atoms with E-state index in [1.54, 1.807) is 11.1 Å². The van der Waals surface area contributed by atoms with Crippen LogP contribution >= 0.6 is 11.6 Å².